The zero-order chi connectivity index (χ0) is 7.33. The van der Waals surface area contributed by atoms with E-state index in [1.165, 1.54) is 11.5 Å². The van der Waals surface area contributed by atoms with Crippen LogP contribution in [-0.4, -0.2) is 17.3 Å². The van der Waals surface area contributed by atoms with Crippen LogP contribution in [-0.2, 0) is 0 Å². The molecule has 0 saturated carbocycles. The molecule has 0 rings (SSSR count). The second-order valence-electron chi connectivity index (χ2n) is 2.96. The van der Waals surface area contributed by atoms with Crippen molar-refractivity contribution in [2.45, 2.75) is 20.8 Å². The molecular formula is C7H16S2. The summed E-state index contributed by atoms with van der Waals surface area (Å²) in [6.07, 6.45) is 0. The zero-order valence-electron chi connectivity index (χ0n) is 6.48. The molecular weight excluding hydrogens is 148 g/mol. The lowest BCUT2D eigenvalue weighted by molar-refractivity contribution is 0.494. The van der Waals surface area contributed by atoms with Gasteiger partial charge in [-0.15, -0.1) is 0 Å². The van der Waals surface area contributed by atoms with Crippen LogP contribution in [0.15, 0.2) is 0 Å². The van der Waals surface area contributed by atoms with Crippen LogP contribution in [0.4, 0.5) is 0 Å². The van der Waals surface area contributed by atoms with Gasteiger partial charge in [-0.25, -0.2) is 0 Å². The van der Waals surface area contributed by atoms with Crippen molar-refractivity contribution in [3.05, 3.63) is 0 Å². The van der Waals surface area contributed by atoms with Gasteiger partial charge in [-0.05, 0) is 22.7 Å². The molecule has 0 aliphatic carbocycles. The van der Waals surface area contributed by atoms with Crippen LogP contribution in [0.1, 0.15) is 20.8 Å². The molecule has 0 heterocycles. The molecule has 0 aromatic rings. The Hall–Kier alpha value is 0.700. The van der Waals surface area contributed by atoms with Crippen molar-refractivity contribution >= 4 is 24.4 Å². The third-order valence-electron chi connectivity index (χ3n) is 1.12. The number of rotatable bonds is 4. The van der Waals surface area contributed by atoms with Crippen LogP contribution >= 0.6 is 24.4 Å². The molecule has 56 valence electrons. The molecule has 0 fully saturated rings. The predicted molar refractivity (Wildman–Crippen MR) is 50.6 cm³/mol. The summed E-state index contributed by atoms with van der Waals surface area (Å²) in [5, 5.41) is 0. The Bertz CT molecular complexity index is 69.3. The Morgan fingerprint density at radius 3 is 2.33 bits per heavy atom. The van der Waals surface area contributed by atoms with E-state index in [2.05, 4.69) is 33.4 Å². The van der Waals surface area contributed by atoms with Crippen molar-refractivity contribution < 1.29 is 0 Å². The smallest absolute Gasteiger partial charge is 0.000839 e. The van der Waals surface area contributed by atoms with Gasteiger partial charge in [0.1, 0.15) is 0 Å². The molecule has 2 heteroatoms. The molecule has 0 saturated heterocycles. The molecule has 0 unspecified atom stereocenters. The Balaban J connectivity index is 3.33. The first kappa shape index (κ1) is 9.70. The van der Waals surface area contributed by atoms with Crippen molar-refractivity contribution in [3.63, 3.8) is 0 Å². The second kappa shape index (κ2) is 4.51. The third-order valence-corrected chi connectivity index (χ3v) is 3.37. The first-order chi connectivity index (χ1) is 4.12. The van der Waals surface area contributed by atoms with E-state index in [9.17, 15) is 0 Å². The first-order valence-corrected chi connectivity index (χ1v) is 5.09. The maximum atomic E-state index is 4.26. The molecule has 0 N–H and O–H groups in total. The fraction of sp³-hybridized carbons (Fsp3) is 1.00. The molecule has 0 spiro atoms. The van der Waals surface area contributed by atoms with E-state index in [1.807, 2.05) is 11.8 Å². The van der Waals surface area contributed by atoms with Crippen molar-refractivity contribution in [3.8, 4) is 0 Å². The lowest BCUT2D eigenvalue weighted by atomic mass is 10.0. The molecule has 0 aromatic heterocycles. The summed E-state index contributed by atoms with van der Waals surface area (Å²) in [6.45, 7) is 6.70. The molecule has 0 amide bonds. The number of thiol groups is 1. The highest BCUT2D eigenvalue weighted by Crippen LogP contribution is 2.22. The Morgan fingerprint density at radius 1 is 1.44 bits per heavy atom. The fourth-order valence-electron chi connectivity index (χ4n) is 0.424. The summed E-state index contributed by atoms with van der Waals surface area (Å²) in [4.78, 5) is 0. The van der Waals surface area contributed by atoms with Gasteiger partial charge in [0, 0.05) is 0 Å². The first-order valence-electron chi connectivity index (χ1n) is 3.31. The highest BCUT2D eigenvalue weighted by atomic mass is 32.2. The van der Waals surface area contributed by atoms with Gasteiger partial charge in [-0.3, -0.25) is 0 Å². The van der Waals surface area contributed by atoms with Crippen molar-refractivity contribution in [1.82, 2.24) is 0 Å². The summed E-state index contributed by atoms with van der Waals surface area (Å²) in [5.74, 6) is 3.43. The summed E-state index contributed by atoms with van der Waals surface area (Å²) in [5.41, 5.74) is 0.420. The molecule has 0 bridgehead atoms. The topological polar surface area (TPSA) is 0 Å². The number of hydrogen-bond acceptors (Lipinski definition) is 2. The van der Waals surface area contributed by atoms with Gasteiger partial charge < -0.3 is 0 Å². The minimum Gasteiger partial charge on any atom is -0.179 e. The monoisotopic (exact) mass is 164 g/mol. The minimum atomic E-state index is 0.420. The van der Waals surface area contributed by atoms with Gasteiger partial charge in [-0.1, -0.05) is 20.8 Å². The van der Waals surface area contributed by atoms with Gasteiger partial charge in [0.05, 0.1) is 0 Å². The number of thioether (sulfide) groups is 1. The maximum absolute atomic E-state index is 4.26. The van der Waals surface area contributed by atoms with Crippen molar-refractivity contribution in [1.29, 1.82) is 0 Å². The van der Waals surface area contributed by atoms with Crippen LogP contribution in [0, 0.1) is 5.41 Å². The Kier molecular flexibility index (Phi) is 4.86. The largest absolute Gasteiger partial charge is 0.179 e. The van der Waals surface area contributed by atoms with Crippen LogP contribution in [0.3, 0.4) is 0 Å². The van der Waals surface area contributed by atoms with Gasteiger partial charge >= 0.3 is 0 Å². The summed E-state index contributed by atoms with van der Waals surface area (Å²) in [7, 11) is 0. The molecule has 0 aromatic carbocycles. The zero-order valence-corrected chi connectivity index (χ0v) is 8.19. The van der Waals surface area contributed by atoms with Crippen LogP contribution < -0.4 is 0 Å². The van der Waals surface area contributed by atoms with E-state index in [-0.39, 0.29) is 0 Å². The molecule has 0 aliphatic heterocycles. The number of hydrogen-bond donors (Lipinski definition) is 1. The van der Waals surface area contributed by atoms with Gasteiger partial charge in [0.2, 0.25) is 0 Å². The SMILES string of the molecule is CCSCC(C)(C)CS. The maximum Gasteiger partial charge on any atom is -0.000839 e. The summed E-state index contributed by atoms with van der Waals surface area (Å²) in [6, 6.07) is 0. The van der Waals surface area contributed by atoms with Gasteiger partial charge in [-0.2, -0.15) is 24.4 Å². The Labute approximate surface area is 68.2 Å². The van der Waals surface area contributed by atoms with E-state index in [4.69, 9.17) is 0 Å². The summed E-state index contributed by atoms with van der Waals surface area (Å²) < 4.78 is 0. The quantitative estimate of drug-likeness (QED) is 0.623. The van der Waals surface area contributed by atoms with Gasteiger partial charge in [0.25, 0.3) is 0 Å². The minimum absolute atomic E-state index is 0.420. The second-order valence-corrected chi connectivity index (χ2v) is 4.55. The average Bonchev–Trinajstić information content (AvgIpc) is 1.84. The normalized spacial score (nSPS) is 12.0. The van der Waals surface area contributed by atoms with E-state index in [1.54, 1.807) is 0 Å². The molecule has 0 nitrogen and oxygen atoms in total. The Morgan fingerprint density at radius 2 is 2.00 bits per heavy atom. The highest BCUT2D eigenvalue weighted by molar-refractivity contribution is 7.99. The van der Waals surface area contributed by atoms with Crippen molar-refractivity contribution in [2.24, 2.45) is 5.41 Å². The van der Waals surface area contributed by atoms with E-state index in [0.717, 1.165) is 5.75 Å². The van der Waals surface area contributed by atoms with E-state index < -0.39 is 0 Å². The van der Waals surface area contributed by atoms with Gasteiger partial charge in [0.15, 0.2) is 0 Å². The van der Waals surface area contributed by atoms with E-state index >= 15 is 0 Å². The van der Waals surface area contributed by atoms with Crippen LogP contribution in [0.25, 0.3) is 0 Å². The lowest BCUT2D eigenvalue weighted by Crippen LogP contribution is -2.16. The van der Waals surface area contributed by atoms with Crippen LogP contribution in [0.2, 0.25) is 0 Å². The average molecular weight is 164 g/mol. The highest BCUT2D eigenvalue weighted by Gasteiger charge is 2.13. The van der Waals surface area contributed by atoms with Crippen molar-refractivity contribution in [2.75, 3.05) is 17.3 Å². The predicted octanol–water partition coefficient (Wildman–Crippen LogP) is 2.70. The van der Waals surface area contributed by atoms with E-state index in [0.29, 0.717) is 5.41 Å². The standard InChI is InChI=1S/C7H16S2/c1-4-9-6-7(2,3)5-8/h8H,4-6H2,1-3H3. The summed E-state index contributed by atoms with van der Waals surface area (Å²) >= 11 is 6.25. The molecule has 9 heavy (non-hydrogen) atoms. The van der Waals surface area contributed by atoms with Crippen LogP contribution in [0.5, 0.6) is 0 Å². The lowest BCUT2D eigenvalue weighted by Gasteiger charge is -2.20. The molecule has 0 aliphatic rings. The fourth-order valence-corrected chi connectivity index (χ4v) is 1.55. The molecule has 0 atom stereocenters. The molecule has 0 radical (unpaired) electrons. The third kappa shape index (κ3) is 5.16.